The Hall–Kier alpha value is -7.62. The number of carbonyl (C=O) groups is 6. The van der Waals surface area contributed by atoms with Crippen LogP contribution in [0.3, 0.4) is 0 Å². The first-order valence-electron chi connectivity index (χ1n) is 18.8. The maximum absolute atomic E-state index is 14.4. The second-order valence-corrected chi connectivity index (χ2v) is 13.6. The Kier molecular flexibility index (Phi) is 16.0. The molecular formula is C44H48N6O10. The zero-order valence-corrected chi connectivity index (χ0v) is 33.7. The van der Waals surface area contributed by atoms with Gasteiger partial charge in [-0.2, -0.15) is 0 Å². The first-order valence-corrected chi connectivity index (χ1v) is 18.8. The molecule has 0 aliphatic carbocycles. The summed E-state index contributed by atoms with van der Waals surface area (Å²) in [5.41, 5.74) is 11.8. The third-order valence-electron chi connectivity index (χ3n) is 8.10. The molecule has 5 amide bonds. The van der Waals surface area contributed by atoms with Gasteiger partial charge in [-0.15, -0.1) is 0 Å². The summed E-state index contributed by atoms with van der Waals surface area (Å²) in [5.74, 6) is -4.72. The van der Waals surface area contributed by atoms with Crippen LogP contribution < -0.4 is 46.9 Å². The zero-order chi connectivity index (χ0) is 43.9. The van der Waals surface area contributed by atoms with E-state index in [1.54, 1.807) is 58.0 Å². The van der Waals surface area contributed by atoms with Crippen LogP contribution in [-0.4, -0.2) is 67.0 Å². The molecule has 0 radical (unpaired) electrons. The molecule has 4 aromatic carbocycles. The quantitative estimate of drug-likeness (QED) is 0.0350. The second-order valence-electron chi connectivity index (χ2n) is 13.6. The summed E-state index contributed by atoms with van der Waals surface area (Å²) in [6.07, 6.45) is 1.25. The van der Waals surface area contributed by atoms with Crippen LogP contribution in [0.25, 0.3) is 0 Å². The van der Waals surface area contributed by atoms with Crippen LogP contribution in [0.2, 0.25) is 0 Å². The molecule has 8 N–H and O–H groups in total. The molecule has 16 nitrogen and oxygen atoms in total. The Morgan fingerprint density at radius 3 is 1.83 bits per heavy atom. The van der Waals surface area contributed by atoms with Crippen molar-refractivity contribution in [2.45, 2.75) is 52.4 Å². The number of anilines is 4. The SMILES string of the molecule is C=CCOC(=O)c1ccc(NC(=O)c2ccc(NC(=O)C(CC(N)=O)NC(=O)c3ccc(N)cc3)c(OC(C)C)c2NC(=O)c2ccccc2)c(OC(C)C)c1OCC=C. The number of hydrogen-bond donors (Lipinski definition) is 6. The van der Waals surface area contributed by atoms with Gasteiger partial charge in [0.2, 0.25) is 11.8 Å². The third-order valence-corrected chi connectivity index (χ3v) is 8.10. The van der Waals surface area contributed by atoms with Gasteiger partial charge in [0.15, 0.2) is 17.2 Å². The summed E-state index contributed by atoms with van der Waals surface area (Å²) in [6, 6.07) is 18.1. The first kappa shape index (κ1) is 45.1. The monoisotopic (exact) mass is 820 g/mol. The summed E-state index contributed by atoms with van der Waals surface area (Å²) in [7, 11) is 0. The van der Waals surface area contributed by atoms with Crippen molar-refractivity contribution >= 4 is 58.3 Å². The average Bonchev–Trinajstić information content (AvgIpc) is 3.20. The fourth-order valence-corrected chi connectivity index (χ4v) is 5.50. The lowest BCUT2D eigenvalue weighted by molar-refractivity contribution is -0.123. The normalized spacial score (nSPS) is 11.1. The van der Waals surface area contributed by atoms with Crippen LogP contribution in [0, 0.1) is 0 Å². The lowest BCUT2D eigenvalue weighted by Crippen LogP contribution is -2.46. The fourth-order valence-electron chi connectivity index (χ4n) is 5.50. The van der Waals surface area contributed by atoms with Crippen molar-refractivity contribution in [2.24, 2.45) is 5.73 Å². The summed E-state index contributed by atoms with van der Waals surface area (Å²) < 4.78 is 23.4. The Balaban J connectivity index is 1.84. The van der Waals surface area contributed by atoms with Gasteiger partial charge < -0.3 is 51.7 Å². The van der Waals surface area contributed by atoms with Crippen LogP contribution in [0.5, 0.6) is 17.2 Å². The minimum Gasteiger partial charge on any atom is -0.487 e. The predicted octanol–water partition coefficient (Wildman–Crippen LogP) is 5.87. The first-order chi connectivity index (χ1) is 28.6. The lowest BCUT2D eigenvalue weighted by Gasteiger charge is -2.24. The highest BCUT2D eigenvalue weighted by molar-refractivity contribution is 6.16. The molecule has 16 heteroatoms. The molecule has 60 heavy (non-hydrogen) atoms. The number of nitrogen functional groups attached to an aromatic ring is 1. The maximum atomic E-state index is 14.4. The van der Waals surface area contributed by atoms with Gasteiger partial charge in [-0.25, -0.2) is 4.79 Å². The van der Waals surface area contributed by atoms with E-state index in [2.05, 4.69) is 34.4 Å². The topological polar surface area (TPSA) is 239 Å². The smallest absolute Gasteiger partial charge is 0.342 e. The van der Waals surface area contributed by atoms with Gasteiger partial charge in [-0.05, 0) is 88.4 Å². The zero-order valence-electron chi connectivity index (χ0n) is 33.7. The van der Waals surface area contributed by atoms with Gasteiger partial charge in [0.05, 0.1) is 41.3 Å². The van der Waals surface area contributed by atoms with Crippen LogP contribution in [0.1, 0.15) is 75.5 Å². The van der Waals surface area contributed by atoms with E-state index in [4.69, 9.17) is 30.4 Å². The summed E-state index contributed by atoms with van der Waals surface area (Å²) in [4.78, 5) is 80.2. The van der Waals surface area contributed by atoms with Crippen molar-refractivity contribution in [3.8, 4) is 17.2 Å². The largest absolute Gasteiger partial charge is 0.487 e. The third kappa shape index (κ3) is 12.2. The van der Waals surface area contributed by atoms with E-state index in [1.807, 2.05) is 0 Å². The molecule has 0 aliphatic heterocycles. The van der Waals surface area contributed by atoms with Crippen LogP contribution in [-0.2, 0) is 14.3 Å². The van der Waals surface area contributed by atoms with E-state index in [0.717, 1.165) is 0 Å². The van der Waals surface area contributed by atoms with Crippen LogP contribution in [0.4, 0.5) is 22.7 Å². The molecular weight excluding hydrogens is 773 g/mol. The minimum atomic E-state index is -1.46. The maximum Gasteiger partial charge on any atom is 0.342 e. The molecule has 0 fully saturated rings. The number of rotatable bonds is 20. The van der Waals surface area contributed by atoms with Crippen molar-refractivity contribution in [1.82, 2.24) is 5.32 Å². The van der Waals surface area contributed by atoms with Crippen molar-refractivity contribution in [3.63, 3.8) is 0 Å². The summed E-state index contributed by atoms with van der Waals surface area (Å²) in [6.45, 7) is 14.0. The number of esters is 1. The van der Waals surface area contributed by atoms with Crippen molar-refractivity contribution in [1.29, 1.82) is 0 Å². The molecule has 0 heterocycles. The predicted molar refractivity (Wildman–Crippen MR) is 227 cm³/mol. The van der Waals surface area contributed by atoms with Crippen LogP contribution in [0.15, 0.2) is 104 Å². The Bertz CT molecular complexity index is 2240. The Morgan fingerprint density at radius 1 is 0.650 bits per heavy atom. The van der Waals surface area contributed by atoms with E-state index < -0.39 is 60.2 Å². The molecule has 4 aromatic rings. The summed E-state index contributed by atoms with van der Waals surface area (Å²) in [5, 5.41) is 10.7. The average molecular weight is 821 g/mol. The number of primary amides is 1. The molecule has 0 saturated carbocycles. The molecule has 0 spiro atoms. The summed E-state index contributed by atoms with van der Waals surface area (Å²) >= 11 is 0. The Labute approximate surface area is 347 Å². The number of carbonyl (C=O) groups excluding carboxylic acids is 6. The highest BCUT2D eigenvalue weighted by atomic mass is 16.5. The molecule has 4 rings (SSSR count). The number of nitrogens with one attached hydrogen (secondary N) is 4. The van der Waals surface area contributed by atoms with Gasteiger partial charge in [0, 0.05) is 16.8 Å². The van der Waals surface area contributed by atoms with Crippen LogP contribution >= 0.6 is 0 Å². The lowest BCUT2D eigenvalue weighted by atomic mass is 10.1. The highest BCUT2D eigenvalue weighted by Gasteiger charge is 2.30. The highest BCUT2D eigenvalue weighted by Crippen LogP contribution is 2.42. The minimum absolute atomic E-state index is 0.00664. The van der Waals surface area contributed by atoms with Gasteiger partial charge in [-0.1, -0.05) is 43.5 Å². The molecule has 0 bridgehead atoms. The number of benzene rings is 4. The van der Waals surface area contributed by atoms with Gasteiger partial charge >= 0.3 is 5.97 Å². The molecule has 1 atom stereocenters. The number of hydrogen-bond acceptors (Lipinski definition) is 11. The molecule has 0 saturated heterocycles. The second kappa shape index (κ2) is 21.2. The molecule has 0 aromatic heterocycles. The van der Waals surface area contributed by atoms with Crippen molar-refractivity contribution < 1.29 is 47.7 Å². The molecule has 1 unspecified atom stereocenters. The number of nitrogens with two attached hydrogens (primary N) is 2. The standard InChI is InChI=1S/C44H48N6O10/c1-7-22-57-37-31(44(56)58-23-8-2)19-21-33(39(37)60-26(5)6)47-42(54)30-18-20-32(38(59-25(3)4)36(30)50-41(53)27-12-10-9-11-13-27)48-43(55)34(24-35(46)51)49-40(52)28-14-16-29(45)17-15-28/h7-21,25-26,34H,1-2,22-24,45H2,3-6H3,(H2,46,51)(H,47,54)(H,48,55)(H,49,52)(H,50,53). The van der Waals surface area contributed by atoms with E-state index in [0.29, 0.717) is 5.69 Å². The van der Waals surface area contributed by atoms with E-state index in [9.17, 15) is 28.8 Å². The molecule has 314 valence electrons. The molecule has 0 aliphatic rings. The van der Waals surface area contributed by atoms with E-state index in [1.165, 1.54) is 60.7 Å². The van der Waals surface area contributed by atoms with E-state index >= 15 is 0 Å². The van der Waals surface area contributed by atoms with E-state index in [-0.39, 0.29) is 69.8 Å². The van der Waals surface area contributed by atoms with Gasteiger partial charge in [0.25, 0.3) is 17.7 Å². The number of amides is 5. The van der Waals surface area contributed by atoms with Gasteiger partial charge in [0.1, 0.15) is 24.8 Å². The Morgan fingerprint density at radius 2 is 1.23 bits per heavy atom. The number of ether oxygens (including phenoxy) is 4. The fraction of sp³-hybridized carbons (Fsp3) is 0.227. The van der Waals surface area contributed by atoms with Gasteiger partial charge in [-0.3, -0.25) is 24.0 Å². The van der Waals surface area contributed by atoms with Crippen molar-refractivity contribution in [3.05, 3.63) is 126 Å². The van der Waals surface area contributed by atoms with Crippen molar-refractivity contribution in [2.75, 3.05) is 34.9 Å².